The first-order valence-electron chi connectivity index (χ1n) is 7.92. The molecule has 1 unspecified atom stereocenters. The fourth-order valence-corrected chi connectivity index (χ4v) is 3.69. The Hall–Kier alpha value is -0.340. The topological polar surface area (TPSA) is 21.3 Å². The normalized spacial score (nSPS) is 30.9. The van der Waals surface area contributed by atoms with E-state index in [-0.39, 0.29) is 0 Å². The van der Waals surface area contributed by atoms with E-state index in [0.717, 1.165) is 6.61 Å². The fourth-order valence-electron chi connectivity index (χ4n) is 3.69. The van der Waals surface area contributed by atoms with Crippen molar-refractivity contribution in [2.24, 2.45) is 0 Å². The summed E-state index contributed by atoms with van der Waals surface area (Å²) in [5, 5.41) is 3.77. The molecule has 0 aromatic carbocycles. The molecule has 1 saturated carbocycles. The van der Waals surface area contributed by atoms with Gasteiger partial charge < -0.3 is 10.1 Å². The zero-order valence-electron chi connectivity index (χ0n) is 11.5. The van der Waals surface area contributed by atoms with Gasteiger partial charge in [0.15, 0.2) is 0 Å². The number of nitrogens with one attached hydrogen (secondary N) is 1. The fraction of sp³-hybridized carbons (Fsp3) is 0.875. The highest BCUT2D eigenvalue weighted by Gasteiger charge is 2.42. The van der Waals surface area contributed by atoms with E-state index in [9.17, 15) is 0 Å². The van der Waals surface area contributed by atoms with Gasteiger partial charge in [-0.3, -0.25) is 0 Å². The minimum absolute atomic E-state index is 0.292. The smallest absolute Gasteiger partial charge is 0.0697 e. The molecule has 2 nitrogen and oxygen atoms in total. The number of ether oxygens (including phenoxy) is 1. The lowest BCUT2D eigenvalue weighted by Gasteiger charge is -2.47. The van der Waals surface area contributed by atoms with E-state index in [1.165, 1.54) is 70.8 Å². The van der Waals surface area contributed by atoms with Gasteiger partial charge in [-0.2, -0.15) is 0 Å². The molecule has 0 bridgehead atoms. The van der Waals surface area contributed by atoms with Crippen LogP contribution in [0, 0.1) is 0 Å². The monoisotopic (exact) mass is 249 g/mol. The van der Waals surface area contributed by atoms with Crippen LogP contribution in [0.4, 0.5) is 0 Å². The Kier molecular flexibility index (Phi) is 4.05. The van der Waals surface area contributed by atoms with Crippen molar-refractivity contribution in [1.29, 1.82) is 0 Å². The highest BCUT2D eigenvalue weighted by Crippen LogP contribution is 2.42. The molecule has 1 spiro atoms. The van der Waals surface area contributed by atoms with E-state index in [1.807, 2.05) is 0 Å². The number of allylic oxidation sites excluding steroid dienone is 1. The molecule has 1 N–H and O–H groups in total. The van der Waals surface area contributed by atoms with E-state index in [4.69, 9.17) is 4.74 Å². The molecule has 102 valence electrons. The van der Waals surface area contributed by atoms with Crippen LogP contribution < -0.4 is 5.32 Å². The van der Waals surface area contributed by atoms with Crippen LogP contribution >= 0.6 is 0 Å². The molecular weight excluding hydrogens is 222 g/mol. The summed E-state index contributed by atoms with van der Waals surface area (Å²) in [7, 11) is 0. The molecule has 0 aromatic heterocycles. The molecule has 1 atom stereocenters. The van der Waals surface area contributed by atoms with Gasteiger partial charge in [-0.05, 0) is 70.8 Å². The van der Waals surface area contributed by atoms with Gasteiger partial charge in [-0.1, -0.05) is 11.6 Å². The minimum Gasteiger partial charge on any atom is -0.375 e. The Labute approximate surface area is 111 Å². The molecule has 1 heterocycles. The van der Waals surface area contributed by atoms with Crippen molar-refractivity contribution in [3.63, 3.8) is 0 Å². The summed E-state index contributed by atoms with van der Waals surface area (Å²) in [6.45, 7) is 2.15. The molecule has 2 aliphatic carbocycles. The highest BCUT2D eigenvalue weighted by atomic mass is 16.5. The Morgan fingerprint density at radius 2 is 2.22 bits per heavy atom. The van der Waals surface area contributed by atoms with Crippen LogP contribution in [0.3, 0.4) is 0 Å². The maximum absolute atomic E-state index is 5.98. The molecule has 3 aliphatic rings. The third-order valence-corrected chi connectivity index (χ3v) is 5.02. The van der Waals surface area contributed by atoms with Crippen LogP contribution in [0.25, 0.3) is 0 Å². The van der Waals surface area contributed by atoms with Crippen molar-refractivity contribution < 1.29 is 4.74 Å². The Balaban J connectivity index is 1.38. The first kappa shape index (κ1) is 12.7. The van der Waals surface area contributed by atoms with Crippen molar-refractivity contribution >= 4 is 0 Å². The molecular formula is C16H27NO. The number of rotatable bonds is 4. The van der Waals surface area contributed by atoms with Gasteiger partial charge in [0, 0.05) is 12.6 Å². The summed E-state index contributed by atoms with van der Waals surface area (Å²) in [6, 6.07) is 0.711. The molecule has 1 saturated heterocycles. The maximum Gasteiger partial charge on any atom is 0.0697 e. The number of hydrogen-bond acceptors (Lipinski definition) is 2. The highest BCUT2D eigenvalue weighted by molar-refractivity contribution is 5.05. The van der Waals surface area contributed by atoms with Gasteiger partial charge in [-0.25, -0.2) is 0 Å². The van der Waals surface area contributed by atoms with Gasteiger partial charge in [0.05, 0.1) is 5.60 Å². The van der Waals surface area contributed by atoms with Gasteiger partial charge in [0.25, 0.3) is 0 Å². The molecule has 3 rings (SSSR count). The quantitative estimate of drug-likeness (QED) is 0.769. The molecule has 2 fully saturated rings. The summed E-state index contributed by atoms with van der Waals surface area (Å²) in [5.74, 6) is 0. The predicted molar refractivity (Wildman–Crippen MR) is 74.7 cm³/mol. The van der Waals surface area contributed by atoms with E-state index in [1.54, 1.807) is 5.57 Å². The molecule has 2 heteroatoms. The van der Waals surface area contributed by atoms with Crippen molar-refractivity contribution in [1.82, 2.24) is 5.32 Å². The van der Waals surface area contributed by atoms with Crippen LogP contribution in [0.2, 0.25) is 0 Å². The van der Waals surface area contributed by atoms with Crippen LogP contribution in [-0.2, 0) is 4.74 Å². The van der Waals surface area contributed by atoms with Crippen molar-refractivity contribution in [2.45, 2.75) is 75.9 Å². The number of hydrogen-bond donors (Lipinski definition) is 1. The zero-order chi connectivity index (χ0) is 12.3. The second kappa shape index (κ2) is 5.75. The Morgan fingerprint density at radius 3 is 2.94 bits per heavy atom. The van der Waals surface area contributed by atoms with Crippen LogP contribution in [0.1, 0.15) is 64.2 Å². The summed E-state index contributed by atoms with van der Waals surface area (Å²) in [5.41, 5.74) is 1.99. The largest absolute Gasteiger partial charge is 0.375 e. The van der Waals surface area contributed by atoms with Crippen molar-refractivity contribution in [2.75, 3.05) is 13.2 Å². The first-order valence-corrected chi connectivity index (χ1v) is 7.92. The van der Waals surface area contributed by atoms with Crippen molar-refractivity contribution in [3.8, 4) is 0 Å². The molecule has 0 aromatic rings. The second-order valence-electron chi connectivity index (χ2n) is 6.39. The van der Waals surface area contributed by atoms with Crippen LogP contribution in [-0.4, -0.2) is 24.8 Å². The summed E-state index contributed by atoms with van der Waals surface area (Å²) >= 11 is 0. The van der Waals surface area contributed by atoms with Gasteiger partial charge in [0.1, 0.15) is 0 Å². The molecule has 0 amide bonds. The Morgan fingerprint density at radius 1 is 1.28 bits per heavy atom. The first-order chi connectivity index (χ1) is 8.86. The maximum atomic E-state index is 5.98. The molecule has 1 aliphatic heterocycles. The summed E-state index contributed by atoms with van der Waals surface area (Å²) in [4.78, 5) is 0. The predicted octanol–water partition coefficient (Wildman–Crippen LogP) is 3.57. The van der Waals surface area contributed by atoms with Crippen LogP contribution in [0.5, 0.6) is 0 Å². The lowest BCUT2D eigenvalue weighted by Crippen LogP contribution is -2.51. The third kappa shape index (κ3) is 2.97. The van der Waals surface area contributed by atoms with Crippen LogP contribution in [0.15, 0.2) is 11.6 Å². The summed E-state index contributed by atoms with van der Waals surface area (Å²) < 4.78 is 5.98. The van der Waals surface area contributed by atoms with E-state index in [2.05, 4.69) is 11.4 Å². The lowest BCUT2D eigenvalue weighted by molar-refractivity contribution is -0.135. The van der Waals surface area contributed by atoms with Gasteiger partial charge in [0.2, 0.25) is 0 Å². The molecule has 0 radical (unpaired) electrons. The van der Waals surface area contributed by atoms with Crippen molar-refractivity contribution in [3.05, 3.63) is 11.6 Å². The second-order valence-corrected chi connectivity index (χ2v) is 6.39. The average Bonchev–Trinajstić information content (AvgIpc) is 2.39. The standard InChI is InChI=1S/C16H27NO/c1-2-5-14(6-3-1)7-11-17-15-8-12-18-16(13-15)9-4-10-16/h5,15,17H,1-4,6-13H2. The van der Waals surface area contributed by atoms with E-state index in [0.29, 0.717) is 11.6 Å². The SMILES string of the molecule is C1=C(CCNC2CCOC3(CCC3)C2)CCCC1. The van der Waals surface area contributed by atoms with E-state index >= 15 is 0 Å². The molecule has 18 heavy (non-hydrogen) atoms. The summed E-state index contributed by atoms with van der Waals surface area (Å²) in [6.07, 6.45) is 15.7. The van der Waals surface area contributed by atoms with Gasteiger partial charge in [-0.15, -0.1) is 0 Å². The average molecular weight is 249 g/mol. The van der Waals surface area contributed by atoms with E-state index < -0.39 is 0 Å². The lowest BCUT2D eigenvalue weighted by atomic mass is 9.74. The van der Waals surface area contributed by atoms with Gasteiger partial charge >= 0.3 is 0 Å². The third-order valence-electron chi connectivity index (χ3n) is 5.02. The zero-order valence-corrected chi connectivity index (χ0v) is 11.5. The minimum atomic E-state index is 0.292. The Bertz CT molecular complexity index is 306.